The highest BCUT2D eigenvalue weighted by atomic mass is 19.4. The number of amides is 2. The van der Waals surface area contributed by atoms with E-state index in [0.717, 1.165) is 12.1 Å². The van der Waals surface area contributed by atoms with Crippen LogP contribution in [0.2, 0.25) is 0 Å². The molecule has 0 spiro atoms. The summed E-state index contributed by atoms with van der Waals surface area (Å²) in [4.78, 5) is 25.4. The fourth-order valence-corrected chi connectivity index (χ4v) is 2.85. The van der Waals surface area contributed by atoms with Gasteiger partial charge in [-0.25, -0.2) is 9.59 Å². The van der Waals surface area contributed by atoms with Crippen LogP contribution in [-0.4, -0.2) is 48.5 Å². The number of carbonyl (C=O) groups is 2. The standard InChI is InChI=1S/C20H27F3N2O5/c1-5-28-17(26)24-15-12-13(20(21,22)23)6-7-16(15)29-14-8-10-25(11-9-14)18(27)30-19(2,3)4/h6-7,12,14H,5,8-11H2,1-4H3,(H,24,26). The number of rotatable bonds is 4. The predicted molar refractivity (Wildman–Crippen MR) is 104 cm³/mol. The van der Waals surface area contributed by atoms with Crippen molar-refractivity contribution in [1.29, 1.82) is 0 Å². The highest BCUT2D eigenvalue weighted by Gasteiger charge is 2.32. The fraction of sp³-hybridized carbons (Fsp3) is 0.600. The number of likely N-dealkylation sites (tertiary alicyclic amines) is 1. The Morgan fingerprint density at radius 1 is 1.17 bits per heavy atom. The van der Waals surface area contributed by atoms with Gasteiger partial charge >= 0.3 is 18.4 Å². The number of hydrogen-bond donors (Lipinski definition) is 1. The van der Waals surface area contributed by atoms with Crippen LogP contribution in [0.5, 0.6) is 5.75 Å². The summed E-state index contributed by atoms with van der Waals surface area (Å²) in [5.74, 6) is 0.103. The van der Waals surface area contributed by atoms with Crippen LogP contribution < -0.4 is 10.1 Å². The lowest BCUT2D eigenvalue weighted by Gasteiger charge is -2.33. The van der Waals surface area contributed by atoms with Gasteiger partial charge < -0.3 is 19.1 Å². The summed E-state index contributed by atoms with van der Waals surface area (Å²) in [6.45, 7) is 7.78. The molecule has 2 rings (SSSR count). The first-order valence-electron chi connectivity index (χ1n) is 9.68. The van der Waals surface area contributed by atoms with E-state index in [1.165, 1.54) is 6.07 Å². The maximum Gasteiger partial charge on any atom is 0.416 e. The van der Waals surface area contributed by atoms with Gasteiger partial charge in [0.25, 0.3) is 0 Å². The quantitative estimate of drug-likeness (QED) is 0.720. The Morgan fingerprint density at radius 3 is 2.33 bits per heavy atom. The second-order valence-corrected chi connectivity index (χ2v) is 7.84. The lowest BCUT2D eigenvalue weighted by Crippen LogP contribution is -2.44. The maximum absolute atomic E-state index is 13.0. The molecule has 10 heteroatoms. The molecular formula is C20H27F3N2O5. The molecule has 0 aliphatic carbocycles. The third-order valence-corrected chi connectivity index (χ3v) is 4.21. The molecule has 0 bridgehead atoms. The summed E-state index contributed by atoms with van der Waals surface area (Å²) >= 11 is 0. The number of nitrogens with one attached hydrogen (secondary N) is 1. The van der Waals surface area contributed by atoms with Crippen molar-refractivity contribution >= 4 is 17.9 Å². The van der Waals surface area contributed by atoms with E-state index < -0.39 is 29.5 Å². The van der Waals surface area contributed by atoms with Gasteiger partial charge in [-0.2, -0.15) is 13.2 Å². The molecule has 0 aromatic heterocycles. The average molecular weight is 432 g/mol. The summed E-state index contributed by atoms with van der Waals surface area (Å²) in [7, 11) is 0. The topological polar surface area (TPSA) is 77.1 Å². The van der Waals surface area contributed by atoms with Crippen molar-refractivity contribution < 1.29 is 37.0 Å². The van der Waals surface area contributed by atoms with Crippen LogP contribution >= 0.6 is 0 Å². The third kappa shape index (κ3) is 7.00. The van der Waals surface area contributed by atoms with E-state index in [1.54, 1.807) is 32.6 Å². The van der Waals surface area contributed by atoms with Crippen LogP contribution in [0.15, 0.2) is 18.2 Å². The number of anilines is 1. The first kappa shape index (κ1) is 23.6. The first-order chi connectivity index (χ1) is 13.9. The van der Waals surface area contributed by atoms with Gasteiger partial charge in [-0.3, -0.25) is 5.32 Å². The third-order valence-electron chi connectivity index (χ3n) is 4.21. The normalized spacial score (nSPS) is 15.5. The molecule has 1 heterocycles. The molecular weight excluding hydrogens is 405 g/mol. The van der Waals surface area contributed by atoms with Crippen molar-refractivity contribution in [2.24, 2.45) is 0 Å². The number of halogens is 3. The van der Waals surface area contributed by atoms with Gasteiger partial charge in [0, 0.05) is 25.9 Å². The summed E-state index contributed by atoms with van der Waals surface area (Å²) < 4.78 is 55.1. The Balaban J connectivity index is 2.07. The molecule has 1 saturated heterocycles. The van der Waals surface area contributed by atoms with Crippen molar-refractivity contribution in [2.45, 2.75) is 58.4 Å². The Bertz CT molecular complexity index is 754. The minimum atomic E-state index is -4.57. The molecule has 1 aliphatic rings. The van der Waals surface area contributed by atoms with E-state index in [9.17, 15) is 22.8 Å². The largest absolute Gasteiger partial charge is 0.488 e. The highest BCUT2D eigenvalue weighted by Crippen LogP contribution is 2.36. The van der Waals surface area contributed by atoms with Crippen LogP contribution in [0, 0.1) is 0 Å². The van der Waals surface area contributed by atoms with Gasteiger partial charge in [0.2, 0.25) is 0 Å². The van der Waals surface area contributed by atoms with Gasteiger partial charge in [0.1, 0.15) is 17.5 Å². The van der Waals surface area contributed by atoms with Crippen molar-refractivity contribution in [2.75, 3.05) is 25.0 Å². The molecule has 1 fully saturated rings. The van der Waals surface area contributed by atoms with Crippen molar-refractivity contribution in [3.05, 3.63) is 23.8 Å². The molecule has 1 N–H and O–H groups in total. The minimum absolute atomic E-state index is 0.0735. The zero-order valence-corrected chi connectivity index (χ0v) is 17.5. The number of alkyl halides is 3. The highest BCUT2D eigenvalue weighted by molar-refractivity contribution is 5.87. The van der Waals surface area contributed by atoms with Gasteiger partial charge in [0.15, 0.2) is 0 Å². The summed E-state index contributed by atoms with van der Waals surface area (Å²) in [5, 5.41) is 2.30. The van der Waals surface area contributed by atoms with Crippen LogP contribution in [0.25, 0.3) is 0 Å². The molecule has 1 aromatic rings. The lowest BCUT2D eigenvalue weighted by molar-refractivity contribution is -0.137. The molecule has 0 radical (unpaired) electrons. The number of piperidine rings is 1. The zero-order valence-electron chi connectivity index (χ0n) is 17.5. The van der Waals surface area contributed by atoms with E-state index in [4.69, 9.17) is 14.2 Å². The fourth-order valence-electron chi connectivity index (χ4n) is 2.85. The molecule has 0 unspecified atom stereocenters. The molecule has 1 aromatic carbocycles. The molecule has 0 saturated carbocycles. The van der Waals surface area contributed by atoms with E-state index in [2.05, 4.69) is 5.32 Å². The van der Waals surface area contributed by atoms with E-state index in [-0.39, 0.29) is 24.1 Å². The minimum Gasteiger partial charge on any atom is -0.488 e. The first-order valence-corrected chi connectivity index (χ1v) is 9.68. The molecule has 7 nitrogen and oxygen atoms in total. The van der Waals surface area contributed by atoms with Crippen molar-refractivity contribution in [3.63, 3.8) is 0 Å². The van der Waals surface area contributed by atoms with Gasteiger partial charge in [0.05, 0.1) is 17.9 Å². The molecule has 30 heavy (non-hydrogen) atoms. The summed E-state index contributed by atoms with van der Waals surface area (Å²) in [6.07, 6.45) is -5.25. The smallest absolute Gasteiger partial charge is 0.416 e. The second kappa shape index (κ2) is 9.44. The Morgan fingerprint density at radius 2 is 1.80 bits per heavy atom. The maximum atomic E-state index is 13.0. The van der Waals surface area contributed by atoms with E-state index in [0.29, 0.717) is 25.9 Å². The predicted octanol–water partition coefficient (Wildman–Crippen LogP) is 5.05. The molecule has 168 valence electrons. The SMILES string of the molecule is CCOC(=O)Nc1cc(C(F)(F)F)ccc1OC1CCN(C(=O)OC(C)(C)C)CC1. The summed E-state index contributed by atoms with van der Waals surface area (Å²) in [6, 6.07) is 2.87. The van der Waals surface area contributed by atoms with Crippen molar-refractivity contribution in [3.8, 4) is 5.75 Å². The Labute approximate surface area is 173 Å². The monoisotopic (exact) mass is 432 g/mol. The van der Waals surface area contributed by atoms with Crippen LogP contribution in [0.3, 0.4) is 0 Å². The molecule has 1 aliphatic heterocycles. The van der Waals surface area contributed by atoms with Crippen LogP contribution in [0.1, 0.15) is 46.1 Å². The number of carbonyl (C=O) groups excluding carboxylic acids is 2. The molecule has 0 atom stereocenters. The van der Waals surface area contributed by atoms with E-state index >= 15 is 0 Å². The van der Waals surface area contributed by atoms with Gasteiger partial charge in [-0.05, 0) is 45.9 Å². The average Bonchev–Trinajstić information content (AvgIpc) is 2.61. The zero-order chi connectivity index (χ0) is 22.5. The number of hydrogen-bond acceptors (Lipinski definition) is 5. The number of ether oxygens (including phenoxy) is 3. The number of nitrogens with zero attached hydrogens (tertiary/aromatic N) is 1. The Kier molecular flexibility index (Phi) is 7.44. The van der Waals surface area contributed by atoms with E-state index in [1.807, 2.05) is 0 Å². The van der Waals surface area contributed by atoms with Gasteiger partial charge in [-0.15, -0.1) is 0 Å². The van der Waals surface area contributed by atoms with Crippen LogP contribution in [0.4, 0.5) is 28.4 Å². The Hall–Kier alpha value is -2.65. The van der Waals surface area contributed by atoms with Crippen LogP contribution in [-0.2, 0) is 15.7 Å². The van der Waals surface area contributed by atoms with Gasteiger partial charge in [-0.1, -0.05) is 0 Å². The van der Waals surface area contributed by atoms with Crippen molar-refractivity contribution in [1.82, 2.24) is 4.90 Å². The number of benzene rings is 1. The molecule has 2 amide bonds. The summed E-state index contributed by atoms with van der Waals surface area (Å²) in [5.41, 5.74) is -1.64. The second-order valence-electron chi connectivity index (χ2n) is 7.84. The lowest BCUT2D eigenvalue weighted by atomic mass is 10.1.